The summed E-state index contributed by atoms with van der Waals surface area (Å²) in [6.07, 6.45) is 0. The van der Waals surface area contributed by atoms with Gasteiger partial charge in [-0.15, -0.1) is 0 Å². The van der Waals surface area contributed by atoms with Gasteiger partial charge in [-0.25, -0.2) is 0 Å². The van der Waals surface area contributed by atoms with Crippen molar-refractivity contribution in [2.75, 3.05) is 5.32 Å². The van der Waals surface area contributed by atoms with Gasteiger partial charge in [0, 0.05) is 5.69 Å². The van der Waals surface area contributed by atoms with E-state index < -0.39 is 23.5 Å². The first kappa shape index (κ1) is 9.39. The Hall–Kier alpha value is -2.17. The Balaban J connectivity index is 2.46. The van der Waals surface area contributed by atoms with Gasteiger partial charge in [-0.05, 0) is 11.6 Å². The molecule has 0 saturated heterocycles. The molecular weight excluding hydrogens is 196 g/mol. The van der Waals surface area contributed by atoms with E-state index in [-0.39, 0.29) is 0 Å². The smallest absolute Gasteiger partial charge is 0.286 e. The molecule has 15 heavy (non-hydrogen) atoms. The van der Waals surface area contributed by atoms with Crippen molar-refractivity contribution >= 4 is 23.3 Å². The van der Waals surface area contributed by atoms with Crippen LogP contribution in [0.1, 0.15) is 11.5 Å². The molecule has 1 atom stereocenters. The minimum absolute atomic E-state index is 0.500. The van der Waals surface area contributed by atoms with Crippen molar-refractivity contribution in [1.82, 2.24) is 0 Å². The molecule has 0 aromatic heterocycles. The van der Waals surface area contributed by atoms with E-state index in [4.69, 9.17) is 5.73 Å². The summed E-state index contributed by atoms with van der Waals surface area (Å²) >= 11 is 0. The highest BCUT2D eigenvalue weighted by molar-refractivity contribution is 6.43. The molecule has 1 aliphatic heterocycles. The third-order valence-corrected chi connectivity index (χ3v) is 2.30. The quantitative estimate of drug-likeness (QED) is 0.515. The molecule has 1 aromatic rings. The molecule has 3 N–H and O–H groups in total. The molecule has 0 aliphatic carbocycles. The number of anilines is 1. The van der Waals surface area contributed by atoms with Crippen molar-refractivity contribution < 1.29 is 14.4 Å². The maximum absolute atomic E-state index is 11.4. The van der Waals surface area contributed by atoms with Crippen molar-refractivity contribution in [3.8, 4) is 0 Å². The van der Waals surface area contributed by atoms with E-state index in [1.807, 2.05) is 0 Å². The number of amides is 2. The van der Waals surface area contributed by atoms with E-state index >= 15 is 0 Å². The van der Waals surface area contributed by atoms with Gasteiger partial charge in [0.05, 0.1) is 0 Å². The van der Waals surface area contributed by atoms with Crippen molar-refractivity contribution in [3.63, 3.8) is 0 Å². The highest BCUT2D eigenvalue weighted by atomic mass is 16.2. The molecule has 2 rings (SSSR count). The molecular formula is C10H8N2O3. The second-order valence-corrected chi connectivity index (χ2v) is 3.24. The summed E-state index contributed by atoms with van der Waals surface area (Å²) in [5, 5.41) is 2.52. The lowest BCUT2D eigenvalue weighted by Crippen LogP contribution is -2.32. The monoisotopic (exact) mass is 204 g/mol. The summed E-state index contributed by atoms with van der Waals surface area (Å²) in [5.41, 5.74) is 5.93. The SMILES string of the molecule is NC(=O)C(=O)C1C(=O)Nc2ccccc21. The van der Waals surface area contributed by atoms with Gasteiger partial charge in [0.1, 0.15) is 5.92 Å². The van der Waals surface area contributed by atoms with Crippen LogP contribution < -0.4 is 11.1 Å². The first-order valence-electron chi connectivity index (χ1n) is 4.34. The Morgan fingerprint density at radius 2 is 1.93 bits per heavy atom. The number of benzene rings is 1. The Kier molecular flexibility index (Phi) is 2.00. The first-order chi connectivity index (χ1) is 7.11. The average Bonchev–Trinajstić information content (AvgIpc) is 2.52. The number of para-hydroxylation sites is 1. The van der Waals surface area contributed by atoms with E-state index in [0.717, 1.165) is 0 Å². The van der Waals surface area contributed by atoms with Gasteiger partial charge >= 0.3 is 0 Å². The van der Waals surface area contributed by atoms with Gasteiger partial charge in [0.15, 0.2) is 0 Å². The molecule has 0 radical (unpaired) electrons. The molecule has 0 saturated carbocycles. The molecule has 1 unspecified atom stereocenters. The number of rotatable bonds is 2. The Morgan fingerprint density at radius 1 is 1.27 bits per heavy atom. The van der Waals surface area contributed by atoms with Crippen LogP contribution in [-0.4, -0.2) is 17.6 Å². The van der Waals surface area contributed by atoms with Crippen molar-refractivity contribution in [2.24, 2.45) is 5.73 Å². The van der Waals surface area contributed by atoms with Crippen molar-refractivity contribution in [1.29, 1.82) is 0 Å². The Labute approximate surface area is 85.3 Å². The zero-order chi connectivity index (χ0) is 11.0. The zero-order valence-corrected chi connectivity index (χ0v) is 7.69. The fourth-order valence-electron chi connectivity index (χ4n) is 1.61. The number of nitrogens with two attached hydrogens (primary N) is 1. The summed E-state index contributed by atoms with van der Waals surface area (Å²) in [7, 11) is 0. The van der Waals surface area contributed by atoms with E-state index in [2.05, 4.69) is 5.32 Å². The lowest BCUT2D eigenvalue weighted by Gasteiger charge is -2.03. The average molecular weight is 204 g/mol. The van der Waals surface area contributed by atoms with Crippen LogP contribution in [0.25, 0.3) is 0 Å². The minimum atomic E-state index is -1.09. The summed E-state index contributed by atoms with van der Waals surface area (Å²) < 4.78 is 0. The maximum Gasteiger partial charge on any atom is 0.286 e. The Bertz CT molecular complexity index is 467. The van der Waals surface area contributed by atoms with Crippen LogP contribution in [0.2, 0.25) is 0 Å². The molecule has 1 aliphatic rings. The highest BCUT2D eigenvalue weighted by Gasteiger charge is 2.38. The third kappa shape index (κ3) is 1.38. The molecule has 76 valence electrons. The van der Waals surface area contributed by atoms with Crippen LogP contribution in [0.4, 0.5) is 5.69 Å². The van der Waals surface area contributed by atoms with Crippen molar-refractivity contribution in [3.05, 3.63) is 29.8 Å². The summed E-state index contributed by atoms with van der Waals surface area (Å²) in [5.74, 6) is -3.55. The third-order valence-electron chi connectivity index (χ3n) is 2.30. The van der Waals surface area contributed by atoms with Gasteiger partial charge < -0.3 is 11.1 Å². The summed E-state index contributed by atoms with van der Waals surface area (Å²) in [6.45, 7) is 0. The molecule has 0 fully saturated rings. The van der Waals surface area contributed by atoms with Crippen LogP contribution >= 0.6 is 0 Å². The summed E-state index contributed by atoms with van der Waals surface area (Å²) in [6, 6.07) is 6.72. The largest absolute Gasteiger partial charge is 0.363 e. The van der Waals surface area contributed by atoms with Crippen molar-refractivity contribution in [2.45, 2.75) is 5.92 Å². The van der Waals surface area contributed by atoms with Gasteiger partial charge in [-0.3, -0.25) is 14.4 Å². The normalized spacial score (nSPS) is 18.1. The number of ketones is 1. The maximum atomic E-state index is 11.4. The molecule has 0 bridgehead atoms. The number of nitrogens with one attached hydrogen (secondary N) is 1. The zero-order valence-electron chi connectivity index (χ0n) is 7.69. The first-order valence-corrected chi connectivity index (χ1v) is 4.34. The predicted octanol–water partition coefficient (Wildman–Crippen LogP) is -0.223. The van der Waals surface area contributed by atoms with Crippen LogP contribution in [0.5, 0.6) is 0 Å². The van der Waals surface area contributed by atoms with E-state index in [1.165, 1.54) is 0 Å². The number of carbonyl (C=O) groups is 3. The molecule has 5 heteroatoms. The van der Waals surface area contributed by atoms with Crippen LogP contribution in [0.15, 0.2) is 24.3 Å². The molecule has 2 amide bonds. The van der Waals surface area contributed by atoms with Gasteiger partial charge in [0.25, 0.3) is 5.91 Å². The number of fused-ring (bicyclic) bond motifs is 1. The number of Topliss-reactive ketones (excluding diaryl/α,β-unsaturated/α-hetero) is 1. The Morgan fingerprint density at radius 3 is 2.60 bits per heavy atom. The minimum Gasteiger partial charge on any atom is -0.363 e. The predicted molar refractivity (Wildman–Crippen MR) is 52.0 cm³/mol. The number of primary amides is 1. The second-order valence-electron chi connectivity index (χ2n) is 3.24. The standard InChI is InChI=1S/C10H8N2O3/c11-9(14)8(13)7-5-3-1-2-4-6(5)12-10(7)15/h1-4,7H,(H2,11,14)(H,12,15). The fourth-order valence-corrected chi connectivity index (χ4v) is 1.61. The topological polar surface area (TPSA) is 89.3 Å². The van der Waals surface area contributed by atoms with Gasteiger partial charge in [0.2, 0.25) is 11.7 Å². The van der Waals surface area contributed by atoms with E-state index in [1.54, 1.807) is 24.3 Å². The summed E-state index contributed by atoms with van der Waals surface area (Å²) in [4.78, 5) is 33.6. The molecule has 1 heterocycles. The number of carbonyl (C=O) groups excluding carboxylic acids is 3. The molecule has 5 nitrogen and oxygen atoms in total. The highest BCUT2D eigenvalue weighted by Crippen LogP contribution is 2.32. The van der Waals surface area contributed by atoms with Gasteiger partial charge in [-0.2, -0.15) is 0 Å². The van der Waals surface area contributed by atoms with Crippen LogP contribution in [-0.2, 0) is 14.4 Å². The lowest BCUT2D eigenvalue weighted by atomic mass is 9.96. The van der Waals surface area contributed by atoms with Gasteiger partial charge in [-0.1, -0.05) is 18.2 Å². The van der Waals surface area contributed by atoms with Crippen LogP contribution in [0.3, 0.4) is 0 Å². The lowest BCUT2D eigenvalue weighted by molar-refractivity contribution is -0.139. The van der Waals surface area contributed by atoms with E-state index in [0.29, 0.717) is 11.3 Å². The van der Waals surface area contributed by atoms with E-state index in [9.17, 15) is 14.4 Å². The molecule has 0 spiro atoms. The number of hydrogen-bond acceptors (Lipinski definition) is 3. The van der Waals surface area contributed by atoms with Crippen LogP contribution in [0, 0.1) is 0 Å². The number of hydrogen-bond donors (Lipinski definition) is 2. The second kappa shape index (κ2) is 3.20. The molecule has 1 aromatic carbocycles. The fraction of sp³-hybridized carbons (Fsp3) is 0.100.